The molecule has 1 N–H and O–H groups in total. The molecule has 1 heterocycles. The standard InChI is InChI=1S/C19H20FN3O2/c20-15-6-7-17(18(12-15)22-25)19(24)21-16-8-10-23(11-9-16)13-14-4-2-1-3-5-14/h1-7,12,16H,8-11,13H2,(H,21,24). The van der Waals surface area contributed by atoms with Gasteiger partial charge in [0.1, 0.15) is 11.5 Å². The lowest BCUT2D eigenvalue weighted by Gasteiger charge is -2.32. The molecule has 0 spiro atoms. The Balaban J connectivity index is 1.54. The van der Waals surface area contributed by atoms with E-state index in [9.17, 15) is 14.1 Å². The number of nitrogens with one attached hydrogen (secondary N) is 1. The molecule has 0 aromatic heterocycles. The van der Waals surface area contributed by atoms with Crippen molar-refractivity contribution in [2.45, 2.75) is 25.4 Å². The van der Waals surface area contributed by atoms with E-state index in [1.54, 1.807) is 0 Å². The number of amides is 1. The molecule has 1 aliphatic heterocycles. The van der Waals surface area contributed by atoms with Gasteiger partial charge in [-0.2, -0.15) is 0 Å². The Morgan fingerprint density at radius 3 is 2.56 bits per heavy atom. The third-order valence-corrected chi connectivity index (χ3v) is 4.47. The Labute approximate surface area is 145 Å². The molecule has 2 aromatic rings. The molecule has 6 heteroatoms. The molecule has 3 rings (SSSR count). The predicted molar refractivity (Wildman–Crippen MR) is 94.1 cm³/mol. The van der Waals surface area contributed by atoms with Crippen molar-refractivity contribution in [3.63, 3.8) is 0 Å². The van der Waals surface area contributed by atoms with Crippen LogP contribution in [0.4, 0.5) is 10.1 Å². The zero-order valence-corrected chi connectivity index (χ0v) is 13.8. The summed E-state index contributed by atoms with van der Waals surface area (Å²) in [5.74, 6) is -0.962. The summed E-state index contributed by atoms with van der Waals surface area (Å²) in [4.78, 5) is 25.5. The van der Waals surface area contributed by atoms with E-state index in [0.717, 1.165) is 44.6 Å². The molecular formula is C19H20FN3O2. The molecule has 1 amide bonds. The molecule has 0 unspecified atom stereocenters. The summed E-state index contributed by atoms with van der Waals surface area (Å²) in [7, 11) is 0. The maximum atomic E-state index is 13.1. The summed E-state index contributed by atoms with van der Waals surface area (Å²) in [6.45, 7) is 2.68. The van der Waals surface area contributed by atoms with Gasteiger partial charge in [-0.25, -0.2) is 4.39 Å². The second-order valence-electron chi connectivity index (χ2n) is 6.26. The van der Waals surface area contributed by atoms with Crippen molar-refractivity contribution in [2.24, 2.45) is 5.18 Å². The number of benzene rings is 2. The second kappa shape index (κ2) is 7.98. The van der Waals surface area contributed by atoms with Gasteiger partial charge in [-0.05, 0) is 35.7 Å². The van der Waals surface area contributed by atoms with Crippen LogP contribution in [0.15, 0.2) is 53.7 Å². The maximum Gasteiger partial charge on any atom is 0.253 e. The maximum absolute atomic E-state index is 13.1. The number of hydrogen-bond donors (Lipinski definition) is 1. The van der Waals surface area contributed by atoms with E-state index >= 15 is 0 Å². The van der Waals surface area contributed by atoms with Crippen molar-refractivity contribution in [1.82, 2.24) is 10.2 Å². The number of piperidine rings is 1. The van der Waals surface area contributed by atoms with E-state index in [2.05, 4.69) is 27.5 Å². The summed E-state index contributed by atoms with van der Waals surface area (Å²) < 4.78 is 13.1. The van der Waals surface area contributed by atoms with Crippen LogP contribution in [-0.4, -0.2) is 29.9 Å². The van der Waals surface area contributed by atoms with E-state index in [-0.39, 0.29) is 23.2 Å². The van der Waals surface area contributed by atoms with Crippen LogP contribution in [0.2, 0.25) is 0 Å². The number of rotatable bonds is 5. The first-order valence-electron chi connectivity index (χ1n) is 8.36. The van der Waals surface area contributed by atoms with Gasteiger partial charge >= 0.3 is 0 Å². The number of hydrogen-bond acceptors (Lipinski definition) is 4. The molecule has 0 saturated carbocycles. The lowest BCUT2D eigenvalue weighted by Crippen LogP contribution is -2.44. The number of nitroso groups, excluding NO2 is 1. The average molecular weight is 341 g/mol. The van der Waals surface area contributed by atoms with Crippen LogP contribution in [0.5, 0.6) is 0 Å². The number of likely N-dealkylation sites (tertiary alicyclic amines) is 1. The van der Waals surface area contributed by atoms with Gasteiger partial charge in [-0.3, -0.25) is 9.69 Å². The third-order valence-electron chi connectivity index (χ3n) is 4.47. The van der Waals surface area contributed by atoms with Crippen molar-refractivity contribution in [1.29, 1.82) is 0 Å². The zero-order chi connectivity index (χ0) is 17.6. The summed E-state index contributed by atoms with van der Waals surface area (Å²) in [6, 6.07) is 13.8. The molecule has 0 aliphatic carbocycles. The van der Waals surface area contributed by atoms with Gasteiger partial charge in [0.25, 0.3) is 5.91 Å². The Hall–Kier alpha value is -2.60. The van der Waals surface area contributed by atoms with Crippen LogP contribution >= 0.6 is 0 Å². The minimum atomic E-state index is -0.583. The van der Waals surface area contributed by atoms with Crippen LogP contribution in [0.3, 0.4) is 0 Å². The average Bonchev–Trinajstić information content (AvgIpc) is 2.64. The van der Waals surface area contributed by atoms with Crippen molar-refractivity contribution >= 4 is 11.6 Å². The summed E-state index contributed by atoms with van der Waals surface area (Å²) in [5.41, 5.74) is 1.22. The highest BCUT2D eigenvalue weighted by Crippen LogP contribution is 2.21. The molecule has 0 bridgehead atoms. The summed E-state index contributed by atoms with van der Waals surface area (Å²) in [6.07, 6.45) is 1.67. The van der Waals surface area contributed by atoms with Crippen LogP contribution in [-0.2, 0) is 6.54 Å². The van der Waals surface area contributed by atoms with E-state index in [1.165, 1.54) is 11.6 Å². The van der Waals surface area contributed by atoms with Crippen LogP contribution in [0.1, 0.15) is 28.8 Å². The molecule has 1 fully saturated rings. The summed E-state index contributed by atoms with van der Waals surface area (Å²) in [5, 5.41) is 5.67. The van der Waals surface area contributed by atoms with Crippen molar-refractivity contribution in [3.05, 3.63) is 70.4 Å². The van der Waals surface area contributed by atoms with Gasteiger partial charge in [-0.1, -0.05) is 30.3 Å². The number of halogens is 1. The van der Waals surface area contributed by atoms with Crippen LogP contribution in [0.25, 0.3) is 0 Å². The molecule has 2 aromatic carbocycles. The molecule has 130 valence electrons. The quantitative estimate of drug-likeness (QED) is 0.845. The first-order valence-corrected chi connectivity index (χ1v) is 8.36. The van der Waals surface area contributed by atoms with Gasteiger partial charge in [0.2, 0.25) is 0 Å². The first-order chi connectivity index (χ1) is 12.2. The lowest BCUT2D eigenvalue weighted by molar-refractivity contribution is 0.0909. The molecule has 5 nitrogen and oxygen atoms in total. The fourth-order valence-corrected chi connectivity index (χ4v) is 3.11. The fourth-order valence-electron chi connectivity index (χ4n) is 3.11. The zero-order valence-electron chi connectivity index (χ0n) is 13.8. The van der Waals surface area contributed by atoms with E-state index in [4.69, 9.17) is 0 Å². The van der Waals surface area contributed by atoms with Crippen molar-refractivity contribution in [2.75, 3.05) is 13.1 Å². The topological polar surface area (TPSA) is 61.8 Å². The Morgan fingerprint density at radius 1 is 1.16 bits per heavy atom. The Kier molecular flexibility index (Phi) is 5.50. The lowest BCUT2D eigenvalue weighted by atomic mass is 10.0. The number of carbonyl (C=O) groups excluding carboxylic acids is 1. The minimum Gasteiger partial charge on any atom is -0.349 e. The number of carbonyl (C=O) groups is 1. The van der Waals surface area contributed by atoms with E-state index < -0.39 is 5.82 Å². The normalized spacial score (nSPS) is 15.7. The highest BCUT2D eigenvalue weighted by Gasteiger charge is 2.22. The summed E-state index contributed by atoms with van der Waals surface area (Å²) >= 11 is 0. The number of nitrogens with zero attached hydrogens (tertiary/aromatic N) is 2. The first kappa shape index (κ1) is 17.2. The monoisotopic (exact) mass is 341 g/mol. The fraction of sp³-hybridized carbons (Fsp3) is 0.316. The smallest absolute Gasteiger partial charge is 0.253 e. The minimum absolute atomic E-state index is 0.0454. The Morgan fingerprint density at radius 2 is 1.88 bits per heavy atom. The van der Waals surface area contributed by atoms with Gasteiger partial charge in [0.15, 0.2) is 0 Å². The second-order valence-corrected chi connectivity index (χ2v) is 6.26. The molecule has 0 atom stereocenters. The van der Waals surface area contributed by atoms with E-state index in [0.29, 0.717) is 0 Å². The van der Waals surface area contributed by atoms with Crippen molar-refractivity contribution in [3.8, 4) is 0 Å². The third kappa shape index (κ3) is 4.48. The van der Waals surface area contributed by atoms with Gasteiger partial charge in [0.05, 0.1) is 5.56 Å². The van der Waals surface area contributed by atoms with Gasteiger partial charge in [0, 0.05) is 31.7 Å². The largest absolute Gasteiger partial charge is 0.349 e. The van der Waals surface area contributed by atoms with E-state index in [1.807, 2.05) is 18.2 Å². The van der Waals surface area contributed by atoms with Gasteiger partial charge < -0.3 is 5.32 Å². The molecular weight excluding hydrogens is 321 g/mol. The van der Waals surface area contributed by atoms with Crippen LogP contribution in [0, 0.1) is 10.7 Å². The SMILES string of the molecule is O=Nc1cc(F)ccc1C(=O)NC1CCN(Cc2ccccc2)CC1. The van der Waals surface area contributed by atoms with Crippen molar-refractivity contribution < 1.29 is 9.18 Å². The van der Waals surface area contributed by atoms with Crippen LogP contribution < -0.4 is 5.32 Å². The Bertz CT molecular complexity index is 744. The highest BCUT2D eigenvalue weighted by atomic mass is 19.1. The predicted octanol–water partition coefficient (Wildman–Crippen LogP) is 3.62. The molecule has 25 heavy (non-hydrogen) atoms. The molecule has 1 aliphatic rings. The molecule has 0 radical (unpaired) electrons. The molecule has 1 saturated heterocycles. The van der Waals surface area contributed by atoms with Gasteiger partial charge in [-0.15, -0.1) is 4.91 Å². The highest BCUT2D eigenvalue weighted by molar-refractivity contribution is 5.99.